The molecule has 2 aromatic rings. The van der Waals surface area contributed by atoms with Crippen molar-refractivity contribution in [1.82, 2.24) is 4.98 Å². The molecule has 1 aliphatic rings. The second kappa shape index (κ2) is 6.24. The highest BCUT2D eigenvalue weighted by atomic mass is 35.5. The number of thiophene rings is 1. The summed E-state index contributed by atoms with van der Waals surface area (Å²) in [6.07, 6.45) is 5.98. The minimum absolute atomic E-state index is 0.0569. The Morgan fingerprint density at radius 1 is 1.35 bits per heavy atom. The minimum Gasteiger partial charge on any atom is -0.297 e. The van der Waals surface area contributed by atoms with Crippen molar-refractivity contribution in [2.75, 3.05) is 5.32 Å². The van der Waals surface area contributed by atoms with Gasteiger partial charge in [-0.3, -0.25) is 10.1 Å². The normalized spacial score (nSPS) is 14.7. The first-order valence-electron chi connectivity index (χ1n) is 6.69. The SMILES string of the molecule is O=C(Nc1nc(CCl)cs1)c1cc2c(s1)CCCCC2. The quantitative estimate of drug-likeness (QED) is 0.668. The molecule has 0 radical (unpaired) electrons. The average molecular weight is 327 g/mol. The van der Waals surface area contributed by atoms with Gasteiger partial charge in [-0.2, -0.15) is 0 Å². The predicted octanol–water partition coefficient (Wildman–Crippen LogP) is 4.46. The molecule has 1 aliphatic carbocycles. The molecule has 0 atom stereocenters. The Bertz CT molecular complexity index is 597. The fourth-order valence-electron chi connectivity index (χ4n) is 2.36. The lowest BCUT2D eigenvalue weighted by molar-refractivity contribution is 0.103. The molecule has 0 unspecified atom stereocenters. The number of rotatable bonds is 3. The molecule has 0 aliphatic heterocycles. The molecule has 0 fully saturated rings. The Morgan fingerprint density at radius 2 is 2.20 bits per heavy atom. The van der Waals surface area contributed by atoms with Crippen molar-refractivity contribution in [3.63, 3.8) is 0 Å². The molecule has 0 spiro atoms. The Morgan fingerprint density at radius 3 is 3.00 bits per heavy atom. The maximum Gasteiger partial charge on any atom is 0.267 e. The van der Waals surface area contributed by atoms with Crippen LogP contribution in [-0.4, -0.2) is 10.9 Å². The van der Waals surface area contributed by atoms with Crippen LogP contribution in [0.2, 0.25) is 0 Å². The summed E-state index contributed by atoms with van der Waals surface area (Å²) >= 11 is 8.75. The van der Waals surface area contributed by atoms with Gasteiger partial charge in [0.05, 0.1) is 16.5 Å². The number of nitrogens with zero attached hydrogens (tertiary/aromatic N) is 1. The van der Waals surface area contributed by atoms with Gasteiger partial charge in [0.1, 0.15) is 0 Å². The van der Waals surface area contributed by atoms with Gasteiger partial charge >= 0.3 is 0 Å². The summed E-state index contributed by atoms with van der Waals surface area (Å²) in [4.78, 5) is 18.7. The van der Waals surface area contributed by atoms with Crippen LogP contribution < -0.4 is 5.32 Å². The van der Waals surface area contributed by atoms with Crippen molar-refractivity contribution in [1.29, 1.82) is 0 Å². The van der Waals surface area contributed by atoms with Crippen LogP contribution in [0.3, 0.4) is 0 Å². The highest BCUT2D eigenvalue weighted by Crippen LogP contribution is 2.29. The van der Waals surface area contributed by atoms with Crippen molar-refractivity contribution < 1.29 is 4.79 Å². The largest absolute Gasteiger partial charge is 0.297 e. The second-order valence-electron chi connectivity index (χ2n) is 4.85. The van der Waals surface area contributed by atoms with E-state index in [0.29, 0.717) is 11.0 Å². The third-order valence-electron chi connectivity index (χ3n) is 3.38. The van der Waals surface area contributed by atoms with Gasteiger partial charge < -0.3 is 0 Å². The topological polar surface area (TPSA) is 42.0 Å². The standard InChI is InChI=1S/C14H15ClN2OS2/c15-7-10-8-19-14(16-10)17-13(18)12-6-9-4-2-1-3-5-11(9)20-12/h6,8H,1-5,7H2,(H,16,17,18). The maximum atomic E-state index is 12.2. The number of hydrogen-bond acceptors (Lipinski definition) is 4. The molecular weight excluding hydrogens is 312 g/mol. The van der Waals surface area contributed by atoms with E-state index >= 15 is 0 Å². The monoisotopic (exact) mass is 326 g/mol. The second-order valence-corrected chi connectivity index (χ2v) is 7.11. The molecule has 6 heteroatoms. The van der Waals surface area contributed by atoms with E-state index in [1.807, 2.05) is 5.38 Å². The van der Waals surface area contributed by atoms with Crippen molar-refractivity contribution in [2.45, 2.75) is 38.0 Å². The van der Waals surface area contributed by atoms with E-state index in [9.17, 15) is 4.79 Å². The molecule has 3 rings (SSSR count). The minimum atomic E-state index is -0.0569. The number of nitrogens with one attached hydrogen (secondary N) is 1. The van der Waals surface area contributed by atoms with E-state index in [4.69, 9.17) is 11.6 Å². The predicted molar refractivity (Wildman–Crippen MR) is 85.2 cm³/mol. The molecule has 0 saturated heterocycles. The molecule has 1 amide bonds. The number of carbonyl (C=O) groups is 1. The van der Waals surface area contributed by atoms with Crippen LogP contribution in [0.25, 0.3) is 0 Å². The van der Waals surface area contributed by atoms with Crippen molar-refractivity contribution in [2.24, 2.45) is 0 Å². The van der Waals surface area contributed by atoms with E-state index in [2.05, 4.69) is 16.4 Å². The lowest BCUT2D eigenvalue weighted by atomic mass is 10.1. The van der Waals surface area contributed by atoms with Gasteiger partial charge in [0.15, 0.2) is 5.13 Å². The molecule has 1 N–H and O–H groups in total. The van der Waals surface area contributed by atoms with Gasteiger partial charge in [-0.15, -0.1) is 34.3 Å². The first-order valence-corrected chi connectivity index (χ1v) is 8.92. The lowest BCUT2D eigenvalue weighted by Gasteiger charge is -1.98. The van der Waals surface area contributed by atoms with Gasteiger partial charge in [-0.1, -0.05) is 6.42 Å². The Labute approximate surface area is 131 Å². The van der Waals surface area contributed by atoms with Crippen LogP contribution >= 0.6 is 34.3 Å². The average Bonchev–Trinajstić information content (AvgIpc) is 3.01. The number of aryl methyl sites for hydroxylation is 2. The molecule has 0 saturated carbocycles. The summed E-state index contributed by atoms with van der Waals surface area (Å²) in [5.74, 6) is 0.318. The number of carbonyl (C=O) groups excluding carboxylic acids is 1. The number of anilines is 1. The number of aromatic nitrogens is 1. The first-order chi connectivity index (χ1) is 9.76. The third kappa shape index (κ3) is 3.05. The van der Waals surface area contributed by atoms with Gasteiger partial charge in [-0.05, 0) is 37.3 Å². The number of halogens is 1. The van der Waals surface area contributed by atoms with E-state index < -0.39 is 0 Å². The fraction of sp³-hybridized carbons (Fsp3) is 0.429. The van der Waals surface area contributed by atoms with E-state index in [-0.39, 0.29) is 5.91 Å². The Balaban J connectivity index is 1.74. The number of alkyl halides is 1. The Hall–Kier alpha value is -0.910. The summed E-state index contributed by atoms with van der Waals surface area (Å²) in [6.45, 7) is 0. The molecule has 0 bridgehead atoms. The van der Waals surface area contributed by atoms with Crippen molar-refractivity contribution >= 4 is 45.3 Å². The molecule has 20 heavy (non-hydrogen) atoms. The Kier molecular flexibility index (Phi) is 4.38. The molecule has 106 valence electrons. The number of hydrogen-bond donors (Lipinski definition) is 1. The highest BCUT2D eigenvalue weighted by Gasteiger charge is 2.17. The smallest absolute Gasteiger partial charge is 0.267 e. The highest BCUT2D eigenvalue weighted by molar-refractivity contribution is 7.15. The summed E-state index contributed by atoms with van der Waals surface area (Å²) in [5, 5.41) is 5.34. The van der Waals surface area contributed by atoms with Crippen molar-refractivity contribution in [3.8, 4) is 0 Å². The van der Waals surface area contributed by atoms with Gasteiger partial charge in [0.2, 0.25) is 0 Å². The summed E-state index contributed by atoms with van der Waals surface area (Å²) in [6, 6.07) is 2.05. The zero-order chi connectivity index (χ0) is 13.9. The van der Waals surface area contributed by atoms with Crippen molar-refractivity contribution in [3.05, 3.63) is 32.5 Å². The van der Waals surface area contributed by atoms with E-state index in [1.165, 1.54) is 41.0 Å². The van der Waals surface area contributed by atoms with Gasteiger partial charge in [-0.25, -0.2) is 4.98 Å². The summed E-state index contributed by atoms with van der Waals surface area (Å²) in [5.41, 5.74) is 2.16. The van der Waals surface area contributed by atoms with E-state index in [0.717, 1.165) is 23.4 Å². The number of fused-ring (bicyclic) bond motifs is 1. The van der Waals surface area contributed by atoms with Gasteiger partial charge in [0.25, 0.3) is 5.91 Å². The molecule has 2 heterocycles. The zero-order valence-corrected chi connectivity index (χ0v) is 13.3. The number of thiazole rings is 1. The summed E-state index contributed by atoms with van der Waals surface area (Å²) < 4.78 is 0. The molecule has 3 nitrogen and oxygen atoms in total. The maximum absolute atomic E-state index is 12.2. The summed E-state index contributed by atoms with van der Waals surface area (Å²) in [7, 11) is 0. The lowest BCUT2D eigenvalue weighted by Crippen LogP contribution is -2.09. The van der Waals surface area contributed by atoms with Crippen LogP contribution in [0.15, 0.2) is 11.4 Å². The fourth-order valence-corrected chi connectivity index (χ4v) is 4.45. The van der Waals surface area contributed by atoms with Crippen LogP contribution in [0, 0.1) is 0 Å². The first kappa shape index (κ1) is 14.0. The van der Waals surface area contributed by atoms with Crippen LogP contribution in [0.1, 0.15) is 45.1 Å². The third-order valence-corrected chi connectivity index (χ3v) is 5.70. The van der Waals surface area contributed by atoms with Gasteiger partial charge in [0, 0.05) is 10.3 Å². The molecule has 2 aromatic heterocycles. The molecular formula is C14H15ClN2OS2. The van der Waals surface area contributed by atoms with E-state index in [1.54, 1.807) is 11.3 Å². The molecule has 0 aromatic carbocycles. The van der Waals surface area contributed by atoms with Crippen LogP contribution in [0.5, 0.6) is 0 Å². The van der Waals surface area contributed by atoms with Crippen LogP contribution in [0.4, 0.5) is 5.13 Å². The van der Waals surface area contributed by atoms with Crippen LogP contribution in [-0.2, 0) is 18.7 Å². The zero-order valence-electron chi connectivity index (χ0n) is 10.9. The number of amides is 1.